The summed E-state index contributed by atoms with van der Waals surface area (Å²) in [6.07, 6.45) is 7.97. The van der Waals surface area contributed by atoms with Gasteiger partial charge in [0, 0.05) is 34.7 Å². The summed E-state index contributed by atoms with van der Waals surface area (Å²) in [4.78, 5) is 31.7. The molecule has 1 aliphatic carbocycles. The fourth-order valence-electron chi connectivity index (χ4n) is 3.39. The van der Waals surface area contributed by atoms with Crippen molar-refractivity contribution in [3.8, 4) is 5.75 Å². The number of carbonyl (C=O) groups is 2. The molecule has 2 N–H and O–H groups in total. The van der Waals surface area contributed by atoms with Gasteiger partial charge in [0.1, 0.15) is 11.4 Å². The smallest absolute Gasteiger partial charge is 0.293 e. The molecule has 1 atom stereocenters. The Labute approximate surface area is 156 Å². The lowest BCUT2D eigenvalue weighted by atomic mass is 9.86. The predicted octanol–water partition coefficient (Wildman–Crippen LogP) is 3.29. The standard InChI is InChI=1S/C21H19N3O3/c1-3-12-9-20(25)24-18-10-14(5-7-16(12)18)22-21(26)19-8-13-4-6-15(27-2)11-17(13)23-19/h4-11,16,23H,3H2,1-2H3,(H,24,25). The van der Waals surface area contributed by atoms with Crippen molar-refractivity contribution < 1.29 is 14.3 Å². The van der Waals surface area contributed by atoms with Gasteiger partial charge >= 0.3 is 0 Å². The number of aliphatic imine (C=N–C) groups is 1. The number of carbonyl (C=O) groups excluding carboxylic acids is 2. The van der Waals surface area contributed by atoms with Crippen LogP contribution >= 0.6 is 0 Å². The third kappa shape index (κ3) is 3.21. The minimum atomic E-state index is -0.367. The van der Waals surface area contributed by atoms with Crippen LogP contribution in [0, 0.1) is 5.92 Å². The Hall–Kier alpha value is -3.41. The number of amides is 2. The van der Waals surface area contributed by atoms with Gasteiger partial charge in [0.2, 0.25) is 5.91 Å². The topological polar surface area (TPSA) is 83.6 Å². The average molecular weight is 361 g/mol. The van der Waals surface area contributed by atoms with E-state index >= 15 is 0 Å². The molecule has 0 fully saturated rings. The number of fused-ring (bicyclic) bond motifs is 2. The van der Waals surface area contributed by atoms with Gasteiger partial charge in [-0.05, 0) is 36.8 Å². The van der Waals surface area contributed by atoms with Crippen molar-refractivity contribution in [2.24, 2.45) is 10.9 Å². The molecule has 1 aromatic carbocycles. The summed E-state index contributed by atoms with van der Waals surface area (Å²) in [5, 5.41) is 3.75. The van der Waals surface area contributed by atoms with Gasteiger partial charge in [-0.25, -0.2) is 4.99 Å². The first-order valence-electron chi connectivity index (χ1n) is 8.78. The fourth-order valence-corrected chi connectivity index (χ4v) is 3.39. The molecule has 0 radical (unpaired) electrons. The van der Waals surface area contributed by atoms with Crippen molar-refractivity contribution in [2.45, 2.75) is 13.3 Å². The van der Waals surface area contributed by atoms with Crippen LogP contribution in [0.3, 0.4) is 0 Å². The van der Waals surface area contributed by atoms with Crippen molar-refractivity contribution in [1.82, 2.24) is 10.3 Å². The van der Waals surface area contributed by atoms with Crippen LogP contribution in [0.1, 0.15) is 23.8 Å². The van der Waals surface area contributed by atoms with Crippen molar-refractivity contribution >= 4 is 28.4 Å². The van der Waals surface area contributed by atoms with Crippen LogP contribution in [0.15, 0.2) is 64.8 Å². The lowest BCUT2D eigenvalue weighted by Gasteiger charge is -2.26. The molecule has 4 rings (SSSR count). The van der Waals surface area contributed by atoms with Gasteiger partial charge in [-0.3, -0.25) is 9.59 Å². The highest BCUT2D eigenvalue weighted by molar-refractivity contribution is 6.14. The zero-order valence-corrected chi connectivity index (χ0v) is 15.1. The van der Waals surface area contributed by atoms with E-state index in [0.29, 0.717) is 17.2 Å². The summed E-state index contributed by atoms with van der Waals surface area (Å²) in [5.74, 6) is 0.254. The molecule has 0 spiro atoms. The molecule has 6 heteroatoms. The van der Waals surface area contributed by atoms with E-state index < -0.39 is 0 Å². The summed E-state index contributed by atoms with van der Waals surface area (Å²) < 4.78 is 5.20. The van der Waals surface area contributed by atoms with E-state index in [2.05, 4.69) is 15.3 Å². The number of hydrogen-bond acceptors (Lipinski definition) is 3. The zero-order valence-electron chi connectivity index (χ0n) is 15.1. The van der Waals surface area contributed by atoms with Crippen LogP contribution in [0.5, 0.6) is 5.75 Å². The zero-order chi connectivity index (χ0) is 19.0. The van der Waals surface area contributed by atoms with Gasteiger partial charge in [-0.1, -0.05) is 18.6 Å². The second kappa shape index (κ2) is 6.72. The van der Waals surface area contributed by atoms with Gasteiger partial charge in [0.15, 0.2) is 0 Å². The van der Waals surface area contributed by atoms with E-state index in [4.69, 9.17) is 4.74 Å². The Bertz CT molecular complexity index is 1070. The van der Waals surface area contributed by atoms with Gasteiger partial charge < -0.3 is 15.0 Å². The molecular formula is C21H19N3O3. The van der Waals surface area contributed by atoms with Gasteiger partial charge in [0.05, 0.1) is 12.8 Å². The highest BCUT2D eigenvalue weighted by Crippen LogP contribution is 2.29. The number of methoxy groups -OCH3 is 1. The predicted molar refractivity (Wildman–Crippen MR) is 104 cm³/mol. The Balaban J connectivity index is 1.62. The van der Waals surface area contributed by atoms with E-state index in [1.807, 2.05) is 37.3 Å². The number of aromatic nitrogens is 1. The largest absolute Gasteiger partial charge is 0.497 e. The number of hydrogen-bond donors (Lipinski definition) is 2. The normalized spacial score (nSPS) is 20.1. The molecule has 0 saturated carbocycles. The Morgan fingerprint density at radius 1 is 1.26 bits per heavy atom. The molecule has 1 unspecified atom stereocenters. The number of ether oxygens (including phenoxy) is 1. The summed E-state index contributed by atoms with van der Waals surface area (Å²) >= 11 is 0. The molecular weight excluding hydrogens is 342 g/mol. The minimum Gasteiger partial charge on any atom is -0.497 e. The molecule has 1 aliphatic heterocycles. The summed E-state index contributed by atoms with van der Waals surface area (Å²) in [6, 6.07) is 7.33. The van der Waals surface area contributed by atoms with Crippen LogP contribution < -0.4 is 10.1 Å². The first kappa shape index (κ1) is 17.0. The Morgan fingerprint density at radius 3 is 2.89 bits per heavy atom. The fraction of sp³-hybridized carbons (Fsp3) is 0.190. The Kier molecular flexibility index (Phi) is 4.24. The molecule has 2 amide bonds. The highest BCUT2D eigenvalue weighted by Gasteiger charge is 2.25. The van der Waals surface area contributed by atoms with Crippen molar-refractivity contribution in [3.05, 3.63) is 65.5 Å². The maximum absolute atomic E-state index is 12.6. The number of nitrogens with zero attached hydrogens (tertiary/aromatic N) is 1. The van der Waals surface area contributed by atoms with E-state index in [9.17, 15) is 9.59 Å². The number of allylic oxidation sites excluding steroid dienone is 3. The van der Waals surface area contributed by atoms with E-state index in [1.54, 1.807) is 25.3 Å². The second-order valence-corrected chi connectivity index (χ2v) is 6.48. The molecule has 2 heterocycles. The van der Waals surface area contributed by atoms with E-state index in [0.717, 1.165) is 28.6 Å². The van der Waals surface area contributed by atoms with Crippen molar-refractivity contribution in [1.29, 1.82) is 0 Å². The van der Waals surface area contributed by atoms with Crippen molar-refractivity contribution in [3.63, 3.8) is 0 Å². The first-order chi connectivity index (χ1) is 13.1. The van der Waals surface area contributed by atoms with Gasteiger partial charge in [-0.2, -0.15) is 0 Å². The van der Waals surface area contributed by atoms with Crippen LogP contribution in [0.2, 0.25) is 0 Å². The lowest BCUT2D eigenvalue weighted by Crippen LogP contribution is -2.33. The lowest BCUT2D eigenvalue weighted by molar-refractivity contribution is -0.116. The molecule has 0 bridgehead atoms. The number of aromatic amines is 1. The molecule has 27 heavy (non-hydrogen) atoms. The number of H-pyrrole nitrogens is 1. The van der Waals surface area contributed by atoms with Crippen LogP contribution in [0.4, 0.5) is 0 Å². The summed E-state index contributed by atoms with van der Waals surface area (Å²) in [7, 11) is 1.60. The molecule has 1 aromatic heterocycles. The van der Waals surface area contributed by atoms with Gasteiger partial charge in [0.25, 0.3) is 5.91 Å². The first-order valence-corrected chi connectivity index (χ1v) is 8.78. The molecule has 2 aliphatic rings. The number of benzene rings is 1. The maximum Gasteiger partial charge on any atom is 0.293 e. The second-order valence-electron chi connectivity index (χ2n) is 6.48. The quantitative estimate of drug-likeness (QED) is 0.880. The number of rotatable bonds is 3. The third-order valence-corrected chi connectivity index (χ3v) is 4.78. The van der Waals surface area contributed by atoms with Crippen LogP contribution in [-0.2, 0) is 4.79 Å². The maximum atomic E-state index is 12.6. The van der Waals surface area contributed by atoms with Gasteiger partial charge in [-0.15, -0.1) is 0 Å². The highest BCUT2D eigenvalue weighted by atomic mass is 16.5. The average Bonchev–Trinajstić information content (AvgIpc) is 3.10. The van der Waals surface area contributed by atoms with E-state index in [1.165, 1.54) is 0 Å². The summed E-state index contributed by atoms with van der Waals surface area (Å²) in [5.41, 5.74) is 3.54. The molecule has 6 nitrogen and oxygen atoms in total. The SMILES string of the molecule is CCC1=CC(=O)NC2=CC(=NC(=O)c3cc4ccc(OC)cc4[nH]3)C=CC12. The van der Waals surface area contributed by atoms with Crippen LogP contribution in [-0.4, -0.2) is 29.6 Å². The number of nitrogens with one attached hydrogen (secondary N) is 2. The molecule has 2 aromatic rings. The molecule has 0 saturated heterocycles. The third-order valence-electron chi connectivity index (χ3n) is 4.78. The minimum absolute atomic E-state index is 0.0438. The summed E-state index contributed by atoms with van der Waals surface area (Å²) in [6.45, 7) is 2.02. The monoisotopic (exact) mass is 361 g/mol. The Morgan fingerprint density at radius 2 is 2.11 bits per heavy atom. The van der Waals surface area contributed by atoms with E-state index in [-0.39, 0.29) is 17.7 Å². The van der Waals surface area contributed by atoms with Crippen molar-refractivity contribution in [2.75, 3.05) is 7.11 Å². The van der Waals surface area contributed by atoms with Crippen LogP contribution in [0.25, 0.3) is 10.9 Å². The molecule has 136 valence electrons.